The molecule has 0 aliphatic heterocycles. The summed E-state index contributed by atoms with van der Waals surface area (Å²) in [6, 6.07) is 9.67. The summed E-state index contributed by atoms with van der Waals surface area (Å²) in [5.41, 5.74) is 0. The molecule has 0 aromatic heterocycles. The fourth-order valence-corrected chi connectivity index (χ4v) is 2.01. The van der Waals surface area contributed by atoms with Gasteiger partial charge in [-0.3, -0.25) is 4.55 Å². The number of rotatable bonds is 2. The van der Waals surface area contributed by atoms with Crippen molar-refractivity contribution in [2.24, 2.45) is 0 Å². The Bertz CT molecular complexity index is 637. The van der Waals surface area contributed by atoms with Gasteiger partial charge < -0.3 is 4.74 Å². The van der Waals surface area contributed by atoms with E-state index in [0.29, 0.717) is 5.75 Å². The number of hydrogen-bond donors (Lipinski definition) is 1. The molecule has 0 unspecified atom stereocenters. The first-order valence-corrected chi connectivity index (χ1v) is 6.00. The van der Waals surface area contributed by atoms with Crippen molar-refractivity contribution in [3.63, 3.8) is 0 Å². The van der Waals surface area contributed by atoms with Crippen LogP contribution in [0.5, 0.6) is 5.75 Å². The van der Waals surface area contributed by atoms with Gasteiger partial charge in [-0.25, -0.2) is 0 Å². The third-order valence-electron chi connectivity index (χ3n) is 2.32. The van der Waals surface area contributed by atoms with Crippen LogP contribution in [-0.4, -0.2) is 49.6 Å². The molecule has 17 heavy (non-hydrogen) atoms. The normalized spacial score (nSPS) is 10.9. The molecule has 0 heterocycles. The summed E-state index contributed by atoms with van der Waals surface area (Å²) in [7, 11) is -2.58. The van der Waals surface area contributed by atoms with Gasteiger partial charge in [-0.05, 0) is 35.0 Å². The molecule has 1 N–H and O–H groups in total. The van der Waals surface area contributed by atoms with Gasteiger partial charge in [0, 0.05) is 0 Å². The van der Waals surface area contributed by atoms with E-state index in [9.17, 15) is 8.42 Å². The van der Waals surface area contributed by atoms with Crippen LogP contribution in [0.25, 0.3) is 10.8 Å². The molecular formula is C11H11NaO4S. The van der Waals surface area contributed by atoms with Gasteiger partial charge in [0.25, 0.3) is 10.1 Å². The SMILES string of the molecule is COc1ccc2cc(S(=O)(=O)O)ccc2c1.[NaH]. The van der Waals surface area contributed by atoms with Crippen molar-refractivity contribution in [1.82, 2.24) is 0 Å². The Morgan fingerprint density at radius 2 is 1.65 bits per heavy atom. The summed E-state index contributed by atoms with van der Waals surface area (Å²) < 4.78 is 35.8. The number of benzene rings is 2. The van der Waals surface area contributed by atoms with Crippen LogP contribution in [0.15, 0.2) is 41.3 Å². The van der Waals surface area contributed by atoms with Crippen molar-refractivity contribution >= 4 is 50.4 Å². The second-order valence-corrected chi connectivity index (χ2v) is 4.77. The third kappa shape index (κ3) is 3.20. The predicted molar refractivity (Wildman–Crippen MR) is 67.5 cm³/mol. The number of methoxy groups -OCH3 is 1. The van der Waals surface area contributed by atoms with Crippen LogP contribution in [0, 0.1) is 0 Å². The Morgan fingerprint density at radius 3 is 2.24 bits per heavy atom. The van der Waals surface area contributed by atoms with Crippen LogP contribution < -0.4 is 4.74 Å². The zero-order valence-corrected chi connectivity index (χ0v) is 9.36. The molecule has 0 bridgehead atoms. The Morgan fingerprint density at radius 1 is 1.06 bits per heavy atom. The van der Waals surface area contributed by atoms with Gasteiger partial charge >= 0.3 is 29.6 Å². The van der Waals surface area contributed by atoms with E-state index < -0.39 is 10.1 Å². The van der Waals surface area contributed by atoms with Gasteiger partial charge in [0.1, 0.15) is 5.75 Å². The molecule has 86 valence electrons. The van der Waals surface area contributed by atoms with Crippen molar-refractivity contribution in [2.75, 3.05) is 7.11 Å². The van der Waals surface area contributed by atoms with Gasteiger partial charge in [0.2, 0.25) is 0 Å². The third-order valence-corrected chi connectivity index (χ3v) is 3.17. The van der Waals surface area contributed by atoms with Gasteiger partial charge in [-0.15, -0.1) is 0 Å². The minimum atomic E-state index is -4.14. The summed E-state index contributed by atoms with van der Waals surface area (Å²) >= 11 is 0. The first-order valence-electron chi connectivity index (χ1n) is 4.56. The van der Waals surface area contributed by atoms with Crippen LogP contribution in [-0.2, 0) is 10.1 Å². The summed E-state index contributed by atoms with van der Waals surface area (Å²) in [6.07, 6.45) is 0. The summed E-state index contributed by atoms with van der Waals surface area (Å²) in [4.78, 5) is -0.106. The molecule has 0 radical (unpaired) electrons. The van der Waals surface area contributed by atoms with Crippen LogP contribution in [0.2, 0.25) is 0 Å². The average molecular weight is 262 g/mol. The van der Waals surface area contributed by atoms with Crippen molar-refractivity contribution in [2.45, 2.75) is 4.90 Å². The van der Waals surface area contributed by atoms with Crippen molar-refractivity contribution in [1.29, 1.82) is 0 Å². The molecule has 2 rings (SSSR count). The number of ether oxygens (including phenoxy) is 1. The minimum absolute atomic E-state index is 0. The first kappa shape index (κ1) is 14.5. The fraction of sp³-hybridized carbons (Fsp3) is 0.0909. The van der Waals surface area contributed by atoms with E-state index in [1.54, 1.807) is 31.4 Å². The quantitative estimate of drug-likeness (QED) is 0.657. The molecule has 6 heteroatoms. The summed E-state index contributed by atoms with van der Waals surface area (Å²) in [5, 5.41) is 1.59. The van der Waals surface area contributed by atoms with Crippen molar-refractivity contribution in [3.8, 4) is 5.75 Å². The molecule has 4 nitrogen and oxygen atoms in total. The second-order valence-electron chi connectivity index (χ2n) is 3.35. The zero-order chi connectivity index (χ0) is 11.8. The van der Waals surface area contributed by atoms with E-state index in [0.717, 1.165) is 10.8 Å². The molecule has 2 aromatic carbocycles. The molecule has 2 aromatic rings. The topological polar surface area (TPSA) is 63.6 Å². The van der Waals surface area contributed by atoms with E-state index >= 15 is 0 Å². The maximum atomic E-state index is 10.9. The molecule has 0 atom stereocenters. The summed E-state index contributed by atoms with van der Waals surface area (Å²) in [6.45, 7) is 0. The number of hydrogen-bond acceptors (Lipinski definition) is 3. The van der Waals surface area contributed by atoms with Crippen LogP contribution >= 0.6 is 0 Å². The fourth-order valence-electron chi connectivity index (χ4n) is 1.49. The van der Waals surface area contributed by atoms with Crippen LogP contribution in [0.4, 0.5) is 0 Å². The van der Waals surface area contributed by atoms with E-state index in [4.69, 9.17) is 9.29 Å². The van der Waals surface area contributed by atoms with E-state index in [2.05, 4.69) is 0 Å². The molecule has 0 saturated heterocycles. The summed E-state index contributed by atoms with van der Waals surface area (Å²) in [5.74, 6) is 0.701. The van der Waals surface area contributed by atoms with Crippen LogP contribution in [0.1, 0.15) is 0 Å². The van der Waals surface area contributed by atoms with E-state index in [-0.39, 0.29) is 34.5 Å². The molecular weight excluding hydrogens is 251 g/mol. The number of fused-ring (bicyclic) bond motifs is 1. The van der Waals surface area contributed by atoms with Crippen molar-refractivity contribution < 1.29 is 17.7 Å². The molecule has 0 amide bonds. The predicted octanol–water partition coefficient (Wildman–Crippen LogP) is 1.45. The molecule has 0 saturated carbocycles. The van der Waals surface area contributed by atoms with Crippen molar-refractivity contribution in [3.05, 3.63) is 36.4 Å². The molecule has 0 aliphatic carbocycles. The molecule has 0 fully saturated rings. The monoisotopic (exact) mass is 262 g/mol. The maximum absolute atomic E-state index is 10.9. The van der Waals surface area contributed by atoms with Gasteiger partial charge in [-0.2, -0.15) is 8.42 Å². The first-order chi connectivity index (χ1) is 7.50. The Labute approximate surface area is 122 Å². The molecule has 0 aliphatic rings. The zero-order valence-electron chi connectivity index (χ0n) is 8.54. The van der Waals surface area contributed by atoms with Gasteiger partial charge in [0.15, 0.2) is 0 Å². The Kier molecular flexibility index (Phi) is 4.57. The van der Waals surface area contributed by atoms with Gasteiger partial charge in [-0.1, -0.05) is 12.1 Å². The average Bonchev–Trinajstić information content (AvgIpc) is 2.26. The van der Waals surface area contributed by atoms with Gasteiger partial charge in [0.05, 0.1) is 12.0 Å². The molecule has 0 spiro atoms. The Balaban J connectivity index is 0.00000144. The van der Waals surface area contributed by atoms with E-state index in [1.165, 1.54) is 12.1 Å². The van der Waals surface area contributed by atoms with E-state index in [1.807, 2.05) is 0 Å². The second kappa shape index (κ2) is 5.37. The van der Waals surface area contributed by atoms with Crippen LogP contribution in [0.3, 0.4) is 0 Å². The Hall–Kier alpha value is -0.590. The standard InChI is InChI=1S/C11H10O4S.Na.H/c1-15-10-4-2-9-7-11(16(12,13)14)5-3-8(9)6-10;;/h2-7H,1H3,(H,12,13,14);;.